The molecule has 1 aliphatic heterocycles. The molecule has 1 saturated heterocycles. The number of nitrogens with zero attached hydrogens (tertiary/aromatic N) is 1. The van der Waals surface area contributed by atoms with Crippen LogP contribution in [0, 0.1) is 0 Å². The third-order valence-corrected chi connectivity index (χ3v) is 4.52. The van der Waals surface area contributed by atoms with Gasteiger partial charge in [0.25, 0.3) is 0 Å². The monoisotopic (exact) mass is 321 g/mol. The Labute approximate surface area is 138 Å². The van der Waals surface area contributed by atoms with E-state index in [4.69, 9.17) is 4.74 Å². The number of aliphatic hydroxyl groups is 1. The van der Waals surface area contributed by atoms with E-state index in [1.165, 1.54) is 26.4 Å². The SMILES string of the molecule is COC(=O)c1ccc(OC[C@@H](O)CN2[C@H](C)CCC[C@@H]2C)cc1. The lowest BCUT2D eigenvalue weighted by Crippen LogP contribution is -2.48. The fourth-order valence-corrected chi connectivity index (χ4v) is 3.13. The summed E-state index contributed by atoms with van der Waals surface area (Å²) in [4.78, 5) is 13.7. The number of hydrogen-bond acceptors (Lipinski definition) is 5. The number of ether oxygens (including phenoxy) is 2. The summed E-state index contributed by atoms with van der Waals surface area (Å²) in [6.07, 6.45) is 3.11. The Morgan fingerprint density at radius 1 is 1.26 bits per heavy atom. The number of carbonyl (C=O) groups excluding carboxylic acids is 1. The minimum absolute atomic E-state index is 0.244. The van der Waals surface area contributed by atoms with Crippen LogP contribution >= 0.6 is 0 Å². The summed E-state index contributed by atoms with van der Waals surface area (Å²) in [5.41, 5.74) is 0.483. The van der Waals surface area contributed by atoms with Crippen LogP contribution in [0.2, 0.25) is 0 Å². The number of methoxy groups -OCH3 is 1. The van der Waals surface area contributed by atoms with Crippen LogP contribution in [0.25, 0.3) is 0 Å². The topological polar surface area (TPSA) is 59.0 Å². The standard InChI is InChI=1S/C18H27NO4/c1-13-5-4-6-14(2)19(13)11-16(20)12-23-17-9-7-15(8-10-17)18(21)22-3/h7-10,13-14,16,20H,4-6,11-12H2,1-3H3/t13-,14+,16-/m0/s1. The third kappa shape index (κ3) is 4.94. The molecular weight excluding hydrogens is 294 g/mol. The number of benzene rings is 1. The molecule has 1 aliphatic rings. The van der Waals surface area contributed by atoms with Crippen molar-refractivity contribution in [3.63, 3.8) is 0 Å². The number of β-amino-alcohol motifs (C(OH)–C–C–N with tert-alkyl or cyclic N) is 1. The average molecular weight is 321 g/mol. The van der Waals surface area contributed by atoms with Gasteiger partial charge in [0, 0.05) is 18.6 Å². The van der Waals surface area contributed by atoms with E-state index in [0.717, 1.165) is 0 Å². The van der Waals surface area contributed by atoms with E-state index in [1.807, 2.05) is 0 Å². The Hall–Kier alpha value is -1.59. The van der Waals surface area contributed by atoms with E-state index in [-0.39, 0.29) is 12.6 Å². The first-order valence-corrected chi connectivity index (χ1v) is 8.26. The zero-order valence-electron chi connectivity index (χ0n) is 14.2. The van der Waals surface area contributed by atoms with Gasteiger partial charge in [-0.25, -0.2) is 4.79 Å². The first kappa shape index (κ1) is 17.8. The molecule has 2 rings (SSSR count). The van der Waals surface area contributed by atoms with Gasteiger partial charge in [-0.05, 0) is 51.0 Å². The highest BCUT2D eigenvalue weighted by molar-refractivity contribution is 5.89. The molecule has 1 aromatic carbocycles. The first-order valence-electron chi connectivity index (χ1n) is 8.26. The molecule has 1 fully saturated rings. The molecule has 23 heavy (non-hydrogen) atoms. The molecule has 3 atom stereocenters. The molecule has 5 nitrogen and oxygen atoms in total. The van der Waals surface area contributed by atoms with E-state index in [2.05, 4.69) is 23.5 Å². The summed E-state index contributed by atoms with van der Waals surface area (Å²) >= 11 is 0. The second-order valence-electron chi connectivity index (χ2n) is 6.31. The highest BCUT2D eigenvalue weighted by atomic mass is 16.5. The number of piperidine rings is 1. The van der Waals surface area contributed by atoms with Crippen LogP contribution in [0.5, 0.6) is 5.75 Å². The van der Waals surface area contributed by atoms with Gasteiger partial charge in [0.2, 0.25) is 0 Å². The first-order chi connectivity index (χ1) is 11.0. The minimum atomic E-state index is -0.529. The van der Waals surface area contributed by atoms with E-state index in [0.29, 0.717) is 29.9 Å². The maximum absolute atomic E-state index is 11.4. The number of hydrogen-bond donors (Lipinski definition) is 1. The number of likely N-dealkylation sites (tertiary alicyclic amines) is 1. The Bertz CT molecular complexity index is 492. The molecule has 0 saturated carbocycles. The van der Waals surface area contributed by atoms with Crippen LogP contribution in [0.3, 0.4) is 0 Å². The zero-order chi connectivity index (χ0) is 16.8. The number of aliphatic hydroxyl groups excluding tert-OH is 1. The highest BCUT2D eigenvalue weighted by Gasteiger charge is 2.26. The van der Waals surface area contributed by atoms with Crippen molar-refractivity contribution >= 4 is 5.97 Å². The van der Waals surface area contributed by atoms with E-state index in [1.54, 1.807) is 24.3 Å². The Balaban J connectivity index is 1.81. The second-order valence-corrected chi connectivity index (χ2v) is 6.31. The zero-order valence-corrected chi connectivity index (χ0v) is 14.2. The molecule has 1 N–H and O–H groups in total. The molecular formula is C18H27NO4. The summed E-state index contributed by atoms with van der Waals surface area (Å²) in [6, 6.07) is 7.75. The molecule has 0 bridgehead atoms. The summed E-state index contributed by atoms with van der Waals surface area (Å²) in [6.45, 7) is 5.31. The van der Waals surface area contributed by atoms with Crippen molar-refractivity contribution in [3.8, 4) is 5.75 Å². The van der Waals surface area contributed by atoms with Gasteiger partial charge in [-0.3, -0.25) is 4.90 Å². The number of esters is 1. The van der Waals surface area contributed by atoms with Crippen LogP contribution in [0.1, 0.15) is 43.5 Å². The molecule has 0 radical (unpaired) electrons. The van der Waals surface area contributed by atoms with Gasteiger partial charge in [-0.15, -0.1) is 0 Å². The summed E-state index contributed by atoms with van der Waals surface area (Å²) in [7, 11) is 1.35. The minimum Gasteiger partial charge on any atom is -0.491 e. The molecule has 0 aliphatic carbocycles. The van der Waals surface area contributed by atoms with E-state index < -0.39 is 6.10 Å². The van der Waals surface area contributed by atoms with Gasteiger partial charge in [0.15, 0.2) is 0 Å². The van der Waals surface area contributed by atoms with Crippen molar-refractivity contribution in [3.05, 3.63) is 29.8 Å². The maximum atomic E-state index is 11.4. The van der Waals surface area contributed by atoms with E-state index in [9.17, 15) is 9.90 Å². The molecule has 1 heterocycles. The van der Waals surface area contributed by atoms with Crippen LogP contribution in [-0.4, -0.2) is 54.4 Å². The largest absolute Gasteiger partial charge is 0.491 e. The molecule has 5 heteroatoms. The average Bonchev–Trinajstić information content (AvgIpc) is 2.56. The molecule has 0 aromatic heterocycles. The van der Waals surface area contributed by atoms with Crippen molar-refractivity contribution < 1.29 is 19.4 Å². The lowest BCUT2D eigenvalue weighted by Gasteiger charge is -2.40. The summed E-state index contributed by atoms with van der Waals surface area (Å²) in [5.74, 6) is 0.265. The van der Waals surface area contributed by atoms with Crippen molar-refractivity contribution in [2.75, 3.05) is 20.3 Å². The summed E-state index contributed by atoms with van der Waals surface area (Å²) in [5, 5.41) is 10.2. The Morgan fingerprint density at radius 2 is 1.87 bits per heavy atom. The Morgan fingerprint density at radius 3 is 2.43 bits per heavy atom. The fraction of sp³-hybridized carbons (Fsp3) is 0.611. The van der Waals surface area contributed by atoms with Crippen LogP contribution < -0.4 is 4.74 Å². The van der Waals surface area contributed by atoms with Crippen LogP contribution in [0.4, 0.5) is 0 Å². The lowest BCUT2D eigenvalue weighted by atomic mass is 9.97. The van der Waals surface area contributed by atoms with Crippen LogP contribution in [0.15, 0.2) is 24.3 Å². The van der Waals surface area contributed by atoms with Crippen molar-refractivity contribution in [1.82, 2.24) is 4.90 Å². The fourth-order valence-electron chi connectivity index (χ4n) is 3.13. The van der Waals surface area contributed by atoms with Gasteiger partial charge in [0.1, 0.15) is 18.5 Å². The Kier molecular flexibility index (Phi) is 6.42. The van der Waals surface area contributed by atoms with Gasteiger partial charge in [-0.2, -0.15) is 0 Å². The third-order valence-electron chi connectivity index (χ3n) is 4.52. The molecule has 0 spiro atoms. The van der Waals surface area contributed by atoms with Gasteiger partial charge >= 0.3 is 5.97 Å². The lowest BCUT2D eigenvalue weighted by molar-refractivity contribution is 0.0209. The van der Waals surface area contributed by atoms with Gasteiger partial charge in [-0.1, -0.05) is 6.42 Å². The van der Waals surface area contributed by atoms with Crippen molar-refractivity contribution in [2.45, 2.75) is 51.3 Å². The summed E-state index contributed by atoms with van der Waals surface area (Å²) < 4.78 is 10.3. The quantitative estimate of drug-likeness (QED) is 0.816. The van der Waals surface area contributed by atoms with Gasteiger partial charge < -0.3 is 14.6 Å². The van der Waals surface area contributed by atoms with Crippen molar-refractivity contribution in [2.24, 2.45) is 0 Å². The molecule has 0 unspecified atom stereocenters. The van der Waals surface area contributed by atoms with E-state index >= 15 is 0 Å². The highest BCUT2D eigenvalue weighted by Crippen LogP contribution is 2.22. The molecule has 128 valence electrons. The number of rotatable bonds is 6. The predicted molar refractivity (Wildman–Crippen MR) is 88.8 cm³/mol. The smallest absolute Gasteiger partial charge is 0.337 e. The molecule has 0 amide bonds. The number of carbonyl (C=O) groups is 1. The van der Waals surface area contributed by atoms with Gasteiger partial charge in [0.05, 0.1) is 12.7 Å². The maximum Gasteiger partial charge on any atom is 0.337 e. The predicted octanol–water partition coefficient (Wildman–Crippen LogP) is 2.48. The van der Waals surface area contributed by atoms with Crippen molar-refractivity contribution in [1.29, 1.82) is 0 Å². The van der Waals surface area contributed by atoms with Crippen LogP contribution in [-0.2, 0) is 4.74 Å². The molecule has 1 aromatic rings. The normalized spacial score (nSPS) is 23.3. The second kappa shape index (κ2) is 8.31.